The summed E-state index contributed by atoms with van der Waals surface area (Å²) >= 11 is 1.18. The Morgan fingerprint density at radius 3 is 2.63 bits per heavy atom. The summed E-state index contributed by atoms with van der Waals surface area (Å²) in [5.74, 6) is 0.486. The monoisotopic (exact) mass is 484 g/mol. The van der Waals surface area contributed by atoms with Gasteiger partial charge >= 0.3 is 0 Å². The minimum absolute atomic E-state index is 0.0458. The second kappa shape index (κ2) is 11.3. The largest absolute Gasteiger partial charge is 0.496 e. The van der Waals surface area contributed by atoms with E-state index in [4.69, 9.17) is 4.74 Å². The molecule has 0 aliphatic carbocycles. The number of nitrogens with one attached hydrogen (secondary N) is 1. The highest BCUT2D eigenvalue weighted by atomic mass is 32.2. The summed E-state index contributed by atoms with van der Waals surface area (Å²) in [4.78, 5) is 30.3. The Bertz CT molecular complexity index is 1460. The zero-order chi connectivity index (χ0) is 24.6. The molecule has 0 aliphatic rings. The summed E-state index contributed by atoms with van der Waals surface area (Å²) in [5.41, 5.74) is 5.59. The van der Waals surface area contributed by atoms with Crippen molar-refractivity contribution in [1.82, 2.24) is 15.0 Å². The van der Waals surface area contributed by atoms with Crippen molar-refractivity contribution in [2.45, 2.75) is 12.1 Å². The normalized spacial score (nSPS) is 11.4. The number of hydrazone groups is 1. The van der Waals surface area contributed by atoms with E-state index in [1.165, 1.54) is 18.0 Å². The molecule has 0 bridgehead atoms. The van der Waals surface area contributed by atoms with E-state index in [1.54, 1.807) is 29.9 Å². The van der Waals surface area contributed by atoms with Crippen LogP contribution >= 0.6 is 11.8 Å². The summed E-state index contributed by atoms with van der Waals surface area (Å²) in [7, 11) is 1.61. The van der Waals surface area contributed by atoms with Gasteiger partial charge in [-0.3, -0.25) is 14.2 Å². The van der Waals surface area contributed by atoms with E-state index in [0.717, 1.165) is 16.9 Å². The molecule has 0 saturated carbocycles. The van der Waals surface area contributed by atoms with Crippen molar-refractivity contribution in [2.24, 2.45) is 5.10 Å². The van der Waals surface area contributed by atoms with Crippen molar-refractivity contribution >= 4 is 40.9 Å². The fourth-order valence-corrected chi connectivity index (χ4v) is 4.20. The van der Waals surface area contributed by atoms with Gasteiger partial charge in [0, 0.05) is 11.8 Å². The zero-order valence-electron chi connectivity index (χ0n) is 19.3. The second-order valence-corrected chi connectivity index (χ2v) is 8.53. The predicted molar refractivity (Wildman–Crippen MR) is 141 cm³/mol. The van der Waals surface area contributed by atoms with Gasteiger partial charge in [-0.1, -0.05) is 59.8 Å². The predicted octanol–water partition coefficient (Wildman–Crippen LogP) is 4.61. The first-order valence-electron chi connectivity index (χ1n) is 10.9. The number of aromatic nitrogens is 2. The molecule has 7 nitrogen and oxygen atoms in total. The Balaban J connectivity index is 1.47. The zero-order valence-corrected chi connectivity index (χ0v) is 20.2. The average Bonchev–Trinajstić information content (AvgIpc) is 2.88. The van der Waals surface area contributed by atoms with E-state index in [9.17, 15) is 9.59 Å². The lowest BCUT2D eigenvalue weighted by molar-refractivity contribution is -0.118. The maximum absolute atomic E-state index is 13.3. The number of carbonyl (C=O) groups is 1. The van der Waals surface area contributed by atoms with E-state index < -0.39 is 0 Å². The van der Waals surface area contributed by atoms with Crippen molar-refractivity contribution < 1.29 is 9.53 Å². The fraction of sp³-hybridized carbons (Fsp3) is 0.111. The maximum atomic E-state index is 13.3. The van der Waals surface area contributed by atoms with Crippen molar-refractivity contribution in [3.05, 3.63) is 100 Å². The summed E-state index contributed by atoms with van der Waals surface area (Å²) in [5, 5.41) is 4.92. The highest BCUT2D eigenvalue weighted by Crippen LogP contribution is 2.21. The molecular weight excluding hydrogens is 460 g/mol. The number of ether oxygens (including phenoxy) is 1. The molecule has 0 radical (unpaired) electrons. The molecule has 4 rings (SSSR count). The van der Waals surface area contributed by atoms with E-state index in [2.05, 4.69) is 15.5 Å². The third kappa shape index (κ3) is 5.85. The van der Waals surface area contributed by atoms with Gasteiger partial charge in [0.05, 0.1) is 29.5 Å². The van der Waals surface area contributed by atoms with E-state index in [0.29, 0.717) is 21.7 Å². The summed E-state index contributed by atoms with van der Waals surface area (Å²) in [6.07, 6.45) is 5.04. The molecule has 0 saturated heterocycles. The number of aryl methyl sites for hydroxylation is 1. The number of amides is 1. The highest BCUT2D eigenvalue weighted by molar-refractivity contribution is 7.99. The van der Waals surface area contributed by atoms with E-state index in [1.807, 2.05) is 73.7 Å². The molecule has 1 amide bonds. The molecule has 0 fully saturated rings. The standard InChI is InChI=1S/C27H24N4O3S/c1-19-13-15-21(16-14-19)31-26(33)22-10-4-5-11-23(22)29-27(31)35-18-25(32)30-28-17-7-9-20-8-3-6-12-24(20)34-2/h3-17H,18H2,1-2H3,(H,30,32)/b9-7-,28-17+. The molecule has 1 N–H and O–H groups in total. The highest BCUT2D eigenvalue weighted by Gasteiger charge is 2.14. The van der Waals surface area contributed by atoms with E-state index >= 15 is 0 Å². The van der Waals surface area contributed by atoms with Gasteiger partial charge in [0.25, 0.3) is 11.5 Å². The molecule has 8 heteroatoms. The van der Waals surface area contributed by atoms with Crippen LogP contribution in [0.25, 0.3) is 22.7 Å². The first kappa shape index (κ1) is 24.0. The van der Waals surface area contributed by atoms with Crippen LogP contribution in [0.1, 0.15) is 11.1 Å². The number of fused-ring (bicyclic) bond motifs is 1. The minimum Gasteiger partial charge on any atom is -0.496 e. The Morgan fingerprint density at radius 1 is 1.09 bits per heavy atom. The SMILES string of the molecule is COc1ccccc1/C=C\C=N\NC(=O)CSc1nc2ccccc2c(=O)n1-c1ccc(C)cc1. The number of para-hydroxylation sites is 2. The molecule has 4 aromatic rings. The van der Waals surface area contributed by atoms with Gasteiger partial charge in [-0.25, -0.2) is 10.4 Å². The lowest BCUT2D eigenvalue weighted by Crippen LogP contribution is -2.24. The Kier molecular flexibility index (Phi) is 7.74. The van der Waals surface area contributed by atoms with Crippen LogP contribution in [-0.4, -0.2) is 34.5 Å². The average molecular weight is 485 g/mol. The fourth-order valence-electron chi connectivity index (χ4n) is 3.40. The summed E-state index contributed by atoms with van der Waals surface area (Å²) in [6.45, 7) is 1.98. The molecule has 0 atom stereocenters. The first-order valence-corrected chi connectivity index (χ1v) is 11.9. The van der Waals surface area contributed by atoms with Crippen molar-refractivity contribution in [2.75, 3.05) is 12.9 Å². The molecule has 35 heavy (non-hydrogen) atoms. The second-order valence-electron chi connectivity index (χ2n) is 7.59. The molecule has 176 valence electrons. The minimum atomic E-state index is -0.310. The Morgan fingerprint density at radius 2 is 1.83 bits per heavy atom. The third-order valence-corrected chi connectivity index (χ3v) is 6.07. The van der Waals surface area contributed by atoms with Crippen LogP contribution < -0.4 is 15.7 Å². The van der Waals surface area contributed by atoms with Crippen molar-refractivity contribution in [3.8, 4) is 11.4 Å². The Labute approximate surface area is 207 Å². The van der Waals surface area contributed by atoms with Crippen LogP contribution in [0.2, 0.25) is 0 Å². The number of nitrogens with zero attached hydrogens (tertiary/aromatic N) is 3. The number of thioether (sulfide) groups is 1. The lowest BCUT2D eigenvalue weighted by Gasteiger charge is -2.13. The molecule has 0 aliphatic heterocycles. The van der Waals surface area contributed by atoms with Gasteiger partial charge in [0.15, 0.2) is 5.16 Å². The molecule has 3 aromatic carbocycles. The van der Waals surface area contributed by atoms with Gasteiger partial charge in [-0.15, -0.1) is 0 Å². The number of hydrogen-bond donors (Lipinski definition) is 1. The number of carbonyl (C=O) groups excluding carboxylic acids is 1. The molecular formula is C27H24N4O3S. The van der Waals surface area contributed by atoms with Crippen LogP contribution in [0.3, 0.4) is 0 Å². The van der Waals surface area contributed by atoms with Gasteiger partial charge in [-0.2, -0.15) is 5.10 Å². The van der Waals surface area contributed by atoms with Gasteiger partial charge in [-0.05, 0) is 49.4 Å². The quantitative estimate of drug-likeness (QED) is 0.171. The van der Waals surface area contributed by atoms with E-state index in [-0.39, 0.29) is 17.2 Å². The Hall–Kier alpha value is -4.17. The lowest BCUT2D eigenvalue weighted by atomic mass is 10.2. The molecule has 0 spiro atoms. The van der Waals surface area contributed by atoms with Gasteiger partial charge in [0.1, 0.15) is 5.75 Å². The van der Waals surface area contributed by atoms with Crippen LogP contribution in [0, 0.1) is 6.92 Å². The van der Waals surface area contributed by atoms with Gasteiger partial charge in [0.2, 0.25) is 0 Å². The van der Waals surface area contributed by atoms with Crippen molar-refractivity contribution in [3.63, 3.8) is 0 Å². The maximum Gasteiger partial charge on any atom is 0.266 e. The van der Waals surface area contributed by atoms with Crippen LogP contribution in [0.4, 0.5) is 0 Å². The molecule has 1 heterocycles. The number of benzene rings is 3. The molecule has 0 unspecified atom stereocenters. The topological polar surface area (TPSA) is 85.6 Å². The first-order chi connectivity index (χ1) is 17.1. The number of methoxy groups -OCH3 is 1. The number of allylic oxidation sites excluding steroid dienone is 1. The smallest absolute Gasteiger partial charge is 0.266 e. The number of hydrogen-bond acceptors (Lipinski definition) is 6. The van der Waals surface area contributed by atoms with Crippen molar-refractivity contribution in [1.29, 1.82) is 0 Å². The summed E-state index contributed by atoms with van der Waals surface area (Å²) in [6, 6.07) is 22.4. The third-order valence-electron chi connectivity index (χ3n) is 5.13. The molecule has 1 aromatic heterocycles. The number of rotatable bonds is 8. The summed E-state index contributed by atoms with van der Waals surface area (Å²) < 4.78 is 6.84. The van der Waals surface area contributed by atoms with Crippen LogP contribution in [0.15, 0.2) is 93.9 Å². The van der Waals surface area contributed by atoms with Crippen LogP contribution in [-0.2, 0) is 4.79 Å². The van der Waals surface area contributed by atoms with Crippen LogP contribution in [0.5, 0.6) is 5.75 Å². The van der Waals surface area contributed by atoms with Gasteiger partial charge < -0.3 is 4.74 Å².